The van der Waals surface area contributed by atoms with Crippen molar-refractivity contribution < 1.29 is 13.6 Å². The van der Waals surface area contributed by atoms with Gasteiger partial charge < -0.3 is 9.05 Å². The Morgan fingerprint density at radius 2 is 1.53 bits per heavy atom. The summed E-state index contributed by atoms with van der Waals surface area (Å²) < 4.78 is 25.3. The SMILES string of the molecule is CCOP(=O)(OCC)c1cc(C2=NC(C)(C)C(C)(C)c3ccccc32)nc2ccccc12. The molecule has 0 atom stereocenters. The van der Waals surface area contributed by atoms with Gasteiger partial charge in [0, 0.05) is 16.4 Å². The first-order chi connectivity index (χ1) is 15.1. The van der Waals surface area contributed by atoms with Gasteiger partial charge >= 0.3 is 7.60 Å². The van der Waals surface area contributed by atoms with Crippen LogP contribution in [0.1, 0.15) is 58.4 Å². The molecule has 0 spiro atoms. The van der Waals surface area contributed by atoms with E-state index in [1.54, 1.807) is 0 Å². The standard InChI is InChI=1S/C26H31N2O3P/c1-7-30-32(29,31-8-2)23-17-22(27-21-16-12-10-14-19(21)23)24-18-13-9-11-15-20(18)25(3,4)26(5,6)28-24/h9-17H,7-8H2,1-6H3. The van der Waals surface area contributed by atoms with E-state index in [1.807, 2.05) is 50.2 Å². The molecule has 0 aliphatic carbocycles. The largest absolute Gasteiger partial charge is 0.362 e. The van der Waals surface area contributed by atoms with E-state index in [4.69, 9.17) is 19.0 Å². The third-order valence-electron chi connectivity index (χ3n) is 6.61. The molecule has 2 aromatic carbocycles. The molecule has 1 aromatic heterocycles. The average molecular weight is 451 g/mol. The summed E-state index contributed by atoms with van der Waals surface area (Å²) in [5.41, 5.74) is 3.98. The summed E-state index contributed by atoms with van der Waals surface area (Å²) in [6, 6.07) is 17.9. The Morgan fingerprint density at radius 1 is 0.906 bits per heavy atom. The molecule has 3 aromatic rings. The molecule has 0 bridgehead atoms. The molecule has 1 aliphatic rings. The van der Waals surface area contributed by atoms with Crippen molar-refractivity contribution in [3.05, 3.63) is 71.4 Å². The van der Waals surface area contributed by atoms with Gasteiger partial charge in [-0.1, -0.05) is 56.3 Å². The van der Waals surface area contributed by atoms with Crippen molar-refractivity contribution in [1.82, 2.24) is 4.98 Å². The lowest BCUT2D eigenvalue weighted by atomic mass is 9.66. The molecule has 168 valence electrons. The molecule has 0 saturated carbocycles. The molecule has 5 nitrogen and oxygen atoms in total. The van der Waals surface area contributed by atoms with Crippen LogP contribution in [0.4, 0.5) is 0 Å². The van der Waals surface area contributed by atoms with Gasteiger partial charge in [0.2, 0.25) is 0 Å². The Hall–Kier alpha value is -2.33. The lowest BCUT2D eigenvalue weighted by Crippen LogP contribution is -2.46. The van der Waals surface area contributed by atoms with Gasteiger partial charge in [-0.05, 0) is 45.4 Å². The first-order valence-corrected chi connectivity index (χ1v) is 12.7. The van der Waals surface area contributed by atoms with Crippen LogP contribution >= 0.6 is 7.60 Å². The van der Waals surface area contributed by atoms with Gasteiger partial charge in [-0.2, -0.15) is 0 Å². The highest BCUT2D eigenvalue weighted by Gasteiger charge is 2.44. The molecule has 4 rings (SSSR count). The first kappa shape index (κ1) is 22.8. The van der Waals surface area contributed by atoms with Gasteiger partial charge in [-0.3, -0.25) is 9.56 Å². The number of pyridine rings is 1. The molecule has 32 heavy (non-hydrogen) atoms. The molecule has 2 heterocycles. The predicted octanol–water partition coefficient (Wildman–Crippen LogP) is 6.03. The van der Waals surface area contributed by atoms with E-state index in [0.29, 0.717) is 11.0 Å². The van der Waals surface area contributed by atoms with Crippen LogP contribution < -0.4 is 5.30 Å². The fourth-order valence-electron chi connectivity index (χ4n) is 4.26. The molecule has 1 aliphatic heterocycles. The Labute approximate surface area is 190 Å². The normalized spacial score (nSPS) is 17.1. The fourth-order valence-corrected chi connectivity index (χ4v) is 6.06. The average Bonchev–Trinajstić information content (AvgIpc) is 2.76. The van der Waals surface area contributed by atoms with E-state index in [1.165, 1.54) is 5.56 Å². The number of benzene rings is 2. The smallest absolute Gasteiger partial charge is 0.305 e. The van der Waals surface area contributed by atoms with Gasteiger partial charge in [0.15, 0.2) is 0 Å². The van der Waals surface area contributed by atoms with E-state index in [-0.39, 0.29) is 24.2 Å². The van der Waals surface area contributed by atoms with E-state index < -0.39 is 7.60 Å². The zero-order valence-electron chi connectivity index (χ0n) is 19.7. The van der Waals surface area contributed by atoms with E-state index in [0.717, 1.165) is 22.2 Å². The summed E-state index contributed by atoms with van der Waals surface area (Å²) >= 11 is 0. The summed E-state index contributed by atoms with van der Waals surface area (Å²) in [6.45, 7) is 13.0. The highest BCUT2D eigenvalue weighted by atomic mass is 31.2. The van der Waals surface area contributed by atoms with Crippen LogP contribution in [0.15, 0.2) is 59.6 Å². The Balaban J connectivity index is 2.03. The molecular weight excluding hydrogens is 419 g/mol. The molecule has 6 heteroatoms. The third-order valence-corrected chi connectivity index (χ3v) is 8.76. The summed E-state index contributed by atoms with van der Waals surface area (Å²) in [5, 5.41) is 1.30. The highest BCUT2D eigenvalue weighted by molar-refractivity contribution is 7.62. The van der Waals surface area contributed by atoms with Crippen LogP contribution in [0.25, 0.3) is 10.9 Å². The van der Waals surface area contributed by atoms with Crippen molar-refractivity contribution in [2.24, 2.45) is 4.99 Å². The second kappa shape index (κ2) is 8.22. The molecular formula is C26H31N2O3P. The number of hydrogen-bond donors (Lipinski definition) is 0. The molecule has 0 fully saturated rings. The summed E-state index contributed by atoms with van der Waals surface area (Å²) in [4.78, 5) is 10.1. The van der Waals surface area contributed by atoms with Gasteiger partial charge in [-0.25, -0.2) is 4.98 Å². The summed E-state index contributed by atoms with van der Waals surface area (Å²) in [7, 11) is -3.53. The lowest BCUT2D eigenvalue weighted by Gasteiger charge is -2.44. The van der Waals surface area contributed by atoms with Gasteiger partial charge in [0.25, 0.3) is 0 Å². The molecule has 0 unspecified atom stereocenters. The van der Waals surface area contributed by atoms with Gasteiger partial charge in [0.05, 0.1) is 41.0 Å². The zero-order chi connectivity index (χ0) is 23.1. The first-order valence-electron chi connectivity index (χ1n) is 11.1. The van der Waals surface area contributed by atoms with Gasteiger partial charge in [-0.15, -0.1) is 0 Å². The van der Waals surface area contributed by atoms with Crippen molar-refractivity contribution in [2.75, 3.05) is 13.2 Å². The van der Waals surface area contributed by atoms with Crippen molar-refractivity contribution in [3.8, 4) is 0 Å². The van der Waals surface area contributed by atoms with Crippen LogP contribution in [0.2, 0.25) is 0 Å². The summed E-state index contributed by atoms with van der Waals surface area (Å²) in [6.07, 6.45) is 0. The minimum atomic E-state index is -3.53. The lowest BCUT2D eigenvalue weighted by molar-refractivity contribution is 0.230. The van der Waals surface area contributed by atoms with Crippen molar-refractivity contribution in [2.45, 2.75) is 52.5 Å². The fraction of sp³-hybridized carbons (Fsp3) is 0.385. The van der Waals surface area contributed by atoms with Crippen LogP contribution in [0.5, 0.6) is 0 Å². The topological polar surface area (TPSA) is 60.8 Å². The quantitative estimate of drug-likeness (QED) is 0.430. The van der Waals surface area contributed by atoms with Crippen LogP contribution in [-0.4, -0.2) is 29.4 Å². The number of nitrogens with zero attached hydrogens (tertiary/aromatic N) is 2. The van der Waals surface area contributed by atoms with Crippen molar-refractivity contribution >= 4 is 29.5 Å². The van der Waals surface area contributed by atoms with Crippen LogP contribution in [-0.2, 0) is 19.0 Å². The Kier molecular flexibility index (Phi) is 5.87. The monoisotopic (exact) mass is 450 g/mol. The maximum atomic E-state index is 13.8. The van der Waals surface area contributed by atoms with Gasteiger partial charge in [0.1, 0.15) is 0 Å². The third kappa shape index (κ3) is 3.63. The molecule has 0 radical (unpaired) electrons. The zero-order valence-corrected chi connectivity index (χ0v) is 20.6. The number of aliphatic imine (C=N–C) groups is 1. The summed E-state index contributed by atoms with van der Waals surface area (Å²) in [5.74, 6) is 0. The maximum Gasteiger partial charge on any atom is 0.362 e. The minimum absolute atomic E-state index is 0.154. The molecule has 0 saturated heterocycles. The molecule has 0 amide bonds. The highest BCUT2D eigenvalue weighted by Crippen LogP contribution is 2.49. The number of aromatic nitrogens is 1. The van der Waals surface area contributed by atoms with Crippen LogP contribution in [0, 0.1) is 0 Å². The Morgan fingerprint density at radius 3 is 2.22 bits per heavy atom. The van der Waals surface area contributed by atoms with Crippen molar-refractivity contribution in [1.29, 1.82) is 0 Å². The van der Waals surface area contributed by atoms with Crippen molar-refractivity contribution in [3.63, 3.8) is 0 Å². The molecule has 0 N–H and O–H groups in total. The van der Waals surface area contributed by atoms with Crippen LogP contribution in [0.3, 0.4) is 0 Å². The van der Waals surface area contributed by atoms with E-state index in [2.05, 4.69) is 45.9 Å². The number of para-hydroxylation sites is 1. The second-order valence-electron chi connectivity index (χ2n) is 9.07. The second-order valence-corrected chi connectivity index (χ2v) is 11.1. The number of fused-ring (bicyclic) bond motifs is 2. The Bertz CT molecular complexity index is 1240. The number of hydrogen-bond acceptors (Lipinski definition) is 5. The number of rotatable bonds is 6. The van der Waals surface area contributed by atoms with E-state index in [9.17, 15) is 4.57 Å². The maximum absolute atomic E-state index is 13.8. The predicted molar refractivity (Wildman–Crippen MR) is 131 cm³/mol. The van der Waals surface area contributed by atoms with E-state index >= 15 is 0 Å². The minimum Gasteiger partial charge on any atom is -0.305 e.